The quantitative estimate of drug-likeness (QED) is 0.769. The van der Waals surface area contributed by atoms with Crippen LogP contribution in [0.25, 0.3) is 0 Å². The fourth-order valence-electron chi connectivity index (χ4n) is 2.76. The van der Waals surface area contributed by atoms with Gasteiger partial charge in [0.15, 0.2) is 0 Å². The molecule has 3 heteroatoms. The van der Waals surface area contributed by atoms with E-state index in [0.717, 1.165) is 22.7 Å². The summed E-state index contributed by atoms with van der Waals surface area (Å²) >= 11 is 8.23. The molecule has 112 valence electrons. The van der Waals surface area contributed by atoms with Gasteiger partial charge >= 0.3 is 0 Å². The van der Waals surface area contributed by atoms with E-state index < -0.39 is 0 Å². The van der Waals surface area contributed by atoms with E-state index in [-0.39, 0.29) is 0 Å². The van der Waals surface area contributed by atoms with E-state index in [1.807, 2.05) is 17.8 Å². The van der Waals surface area contributed by atoms with Gasteiger partial charge in [-0.25, -0.2) is 0 Å². The molecule has 2 rings (SSSR count). The first-order valence-electron chi connectivity index (χ1n) is 7.73. The Hall–Kier alpha value is -0.180. The zero-order valence-corrected chi connectivity index (χ0v) is 14.4. The number of rotatable bonds is 5. The lowest BCUT2D eigenvalue weighted by Crippen LogP contribution is -2.22. The summed E-state index contributed by atoms with van der Waals surface area (Å²) in [5.41, 5.74) is 1.38. The molecule has 1 aliphatic carbocycles. The van der Waals surface area contributed by atoms with Crippen LogP contribution in [-0.4, -0.2) is 11.3 Å². The van der Waals surface area contributed by atoms with Crippen LogP contribution in [0.15, 0.2) is 23.1 Å². The van der Waals surface area contributed by atoms with Crippen molar-refractivity contribution in [2.75, 3.05) is 0 Å². The first-order valence-corrected chi connectivity index (χ1v) is 8.99. The van der Waals surface area contributed by atoms with Gasteiger partial charge < -0.3 is 5.32 Å². The van der Waals surface area contributed by atoms with Crippen LogP contribution in [0.2, 0.25) is 5.02 Å². The van der Waals surface area contributed by atoms with Crippen molar-refractivity contribution >= 4 is 23.4 Å². The van der Waals surface area contributed by atoms with E-state index in [1.165, 1.54) is 36.1 Å². The van der Waals surface area contributed by atoms with Gasteiger partial charge in [0.05, 0.1) is 0 Å². The predicted octanol–water partition coefficient (Wildman–Crippen LogP) is 5.51. The van der Waals surface area contributed by atoms with Crippen molar-refractivity contribution in [3.8, 4) is 0 Å². The molecule has 1 saturated carbocycles. The highest BCUT2D eigenvalue weighted by molar-refractivity contribution is 8.00. The largest absolute Gasteiger partial charge is 0.310 e. The third-order valence-corrected chi connectivity index (χ3v) is 5.54. The fraction of sp³-hybridized carbons (Fsp3) is 0.647. The SMILES string of the molecule is CC1CCCC(Sc2cc(Cl)ccc2CNC(C)C)C1. The monoisotopic (exact) mass is 311 g/mol. The molecule has 1 N–H and O–H groups in total. The first-order chi connectivity index (χ1) is 9.54. The van der Waals surface area contributed by atoms with Crippen molar-refractivity contribution in [2.24, 2.45) is 5.92 Å². The minimum absolute atomic E-state index is 0.512. The van der Waals surface area contributed by atoms with E-state index >= 15 is 0 Å². The highest BCUT2D eigenvalue weighted by Crippen LogP contribution is 2.38. The van der Waals surface area contributed by atoms with Crippen LogP contribution in [-0.2, 0) is 6.54 Å². The van der Waals surface area contributed by atoms with Crippen LogP contribution in [0.5, 0.6) is 0 Å². The maximum absolute atomic E-state index is 6.19. The van der Waals surface area contributed by atoms with Crippen molar-refractivity contribution in [3.05, 3.63) is 28.8 Å². The third kappa shape index (κ3) is 4.98. The normalized spacial score (nSPS) is 23.2. The first kappa shape index (κ1) is 16.2. The molecule has 1 nitrogen and oxygen atoms in total. The van der Waals surface area contributed by atoms with Gasteiger partial charge in [-0.05, 0) is 36.5 Å². The molecular weight excluding hydrogens is 286 g/mol. The molecule has 0 aromatic heterocycles. The van der Waals surface area contributed by atoms with Crippen LogP contribution in [0.3, 0.4) is 0 Å². The standard InChI is InChI=1S/C17H26ClNS/c1-12(2)19-11-14-7-8-15(18)10-17(14)20-16-6-4-5-13(3)9-16/h7-8,10,12-13,16,19H,4-6,9,11H2,1-3H3. The highest BCUT2D eigenvalue weighted by atomic mass is 35.5. The zero-order valence-electron chi connectivity index (χ0n) is 12.8. The molecule has 0 amide bonds. The fourth-order valence-corrected chi connectivity index (χ4v) is 4.56. The van der Waals surface area contributed by atoms with E-state index in [0.29, 0.717) is 6.04 Å². The number of halogens is 1. The lowest BCUT2D eigenvalue weighted by Gasteiger charge is -2.27. The number of nitrogens with one attached hydrogen (secondary N) is 1. The maximum atomic E-state index is 6.19. The summed E-state index contributed by atoms with van der Waals surface area (Å²) in [4.78, 5) is 1.37. The molecule has 0 bridgehead atoms. The minimum atomic E-state index is 0.512. The number of hydrogen-bond acceptors (Lipinski definition) is 2. The van der Waals surface area contributed by atoms with E-state index in [9.17, 15) is 0 Å². The van der Waals surface area contributed by atoms with E-state index in [4.69, 9.17) is 11.6 Å². The topological polar surface area (TPSA) is 12.0 Å². The van der Waals surface area contributed by atoms with Crippen LogP contribution < -0.4 is 5.32 Å². The third-order valence-electron chi connectivity index (χ3n) is 3.91. The van der Waals surface area contributed by atoms with Gasteiger partial charge in [0.25, 0.3) is 0 Å². The maximum Gasteiger partial charge on any atom is 0.0417 e. The van der Waals surface area contributed by atoms with Gasteiger partial charge in [0, 0.05) is 27.8 Å². The Morgan fingerprint density at radius 1 is 1.35 bits per heavy atom. The van der Waals surface area contributed by atoms with Crippen molar-refractivity contribution in [1.82, 2.24) is 5.32 Å². The van der Waals surface area contributed by atoms with Crippen LogP contribution >= 0.6 is 23.4 Å². The van der Waals surface area contributed by atoms with Gasteiger partial charge in [-0.2, -0.15) is 0 Å². The average molecular weight is 312 g/mol. The summed E-state index contributed by atoms with van der Waals surface area (Å²) in [6.07, 6.45) is 5.46. The van der Waals surface area contributed by atoms with Crippen LogP contribution in [0, 0.1) is 5.92 Å². The van der Waals surface area contributed by atoms with Crippen molar-refractivity contribution < 1.29 is 0 Å². The zero-order chi connectivity index (χ0) is 14.5. The van der Waals surface area contributed by atoms with Gasteiger partial charge in [-0.15, -0.1) is 11.8 Å². The van der Waals surface area contributed by atoms with Crippen LogP contribution in [0.1, 0.15) is 52.0 Å². The van der Waals surface area contributed by atoms with E-state index in [2.05, 4.69) is 38.2 Å². The summed E-state index contributed by atoms with van der Waals surface area (Å²) in [7, 11) is 0. The average Bonchev–Trinajstić information content (AvgIpc) is 2.37. The Bertz CT molecular complexity index is 433. The molecular formula is C17H26ClNS. The van der Waals surface area contributed by atoms with Crippen LogP contribution in [0.4, 0.5) is 0 Å². The lowest BCUT2D eigenvalue weighted by molar-refractivity contribution is 0.394. The molecule has 1 aromatic rings. The Balaban J connectivity index is 2.06. The van der Waals surface area contributed by atoms with E-state index in [1.54, 1.807) is 0 Å². The summed E-state index contributed by atoms with van der Waals surface area (Å²) in [6.45, 7) is 7.68. The Labute approximate surface area is 132 Å². The molecule has 1 aromatic carbocycles. The smallest absolute Gasteiger partial charge is 0.0417 e. The molecule has 1 fully saturated rings. The second-order valence-electron chi connectivity index (χ2n) is 6.30. The number of hydrogen-bond donors (Lipinski definition) is 1. The molecule has 0 saturated heterocycles. The Morgan fingerprint density at radius 2 is 2.15 bits per heavy atom. The summed E-state index contributed by atoms with van der Waals surface area (Å²) in [5.74, 6) is 0.873. The van der Waals surface area contributed by atoms with Gasteiger partial charge in [-0.3, -0.25) is 0 Å². The molecule has 2 unspecified atom stereocenters. The molecule has 0 aliphatic heterocycles. The second kappa shape index (κ2) is 7.72. The number of thioether (sulfide) groups is 1. The summed E-state index contributed by atoms with van der Waals surface area (Å²) < 4.78 is 0. The van der Waals surface area contributed by atoms with Gasteiger partial charge in [0.2, 0.25) is 0 Å². The Morgan fingerprint density at radius 3 is 2.85 bits per heavy atom. The number of benzene rings is 1. The summed E-state index contributed by atoms with van der Waals surface area (Å²) in [6, 6.07) is 6.83. The highest BCUT2D eigenvalue weighted by Gasteiger charge is 2.20. The Kier molecular flexibility index (Phi) is 6.25. The molecule has 0 radical (unpaired) electrons. The predicted molar refractivity (Wildman–Crippen MR) is 90.7 cm³/mol. The molecule has 0 spiro atoms. The van der Waals surface area contributed by atoms with Crippen molar-refractivity contribution in [1.29, 1.82) is 0 Å². The van der Waals surface area contributed by atoms with Crippen molar-refractivity contribution in [3.63, 3.8) is 0 Å². The minimum Gasteiger partial charge on any atom is -0.310 e. The van der Waals surface area contributed by atoms with Gasteiger partial charge in [-0.1, -0.05) is 51.3 Å². The molecule has 1 aliphatic rings. The lowest BCUT2D eigenvalue weighted by atomic mass is 9.91. The molecule has 20 heavy (non-hydrogen) atoms. The van der Waals surface area contributed by atoms with Crippen molar-refractivity contribution in [2.45, 2.75) is 69.2 Å². The molecule has 2 atom stereocenters. The second-order valence-corrected chi connectivity index (χ2v) is 8.08. The van der Waals surface area contributed by atoms with Gasteiger partial charge in [0.1, 0.15) is 0 Å². The molecule has 0 heterocycles. The summed E-state index contributed by atoms with van der Waals surface area (Å²) in [5, 5.41) is 5.12.